The quantitative estimate of drug-likeness (QED) is 0.940. The monoisotopic (exact) mass is 331 g/mol. The van der Waals surface area contributed by atoms with Crippen molar-refractivity contribution in [3.8, 4) is 6.07 Å². The Morgan fingerprint density at radius 1 is 1.08 bits per heavy atom. The second kappa shape index (κ2) is 6.06. The number of carbonyl (C=O) groups is 2. The first kappa shape index (κ1) is 15.4. The van der Waals surface area contributed by atoms with Crippen LogP contribution in [0.3, 0.4) is 0 Å². The molecule has 2 amide bonds. The molecule has 1 saturated carbocycles. The number of nitrogens with zero attached hydrogens (tertiary/aromatic N) is 2. The van der Waals surface area contributed by atoms with Gasteiger partial charge < -0.3 is 10.2 Å². The molecule has 25 heavy (non-hydrogen) atoms. The van der Waals surface area contributed by atoms with E-state index in [9.17, 15) is 9.59 Å². The highest BCUT2D eigenvalue weighted by Gasteiger charge is 2.50. The molecule has 0 bridgehead atoms. The van der Waals surface area contributed by atoms with Gasteiger partial charge in [-0.2, -0.15) is 5.26 Å². The Morgan fingerprint density at radius 3 is 2.60 bits per heavy atom. The molecule has 2 aromatic rings. The van der Waals surface area contributed by atoms with Gasteiger partial charge in [0, 0.05) is 17.9 Å². The van der Waals surface area contributed by atoms with E-state index < -0.39 is 0 Å². The van der Waals surface area contributed by atoms with Crippen LogP contribution in [0, 0.1) is 23.2 Å². The number of anilines is 2. The average molecular weight is 331 g/mol. The van der Waals surface area contributed by atoms with Gasteiger partial charge in [0.05, 0.1) is 23.5 Å². The third-order valence-electron chi connectivity index (χ3n) is 4.88. The van der Waals surface area contributed by atoms with Crippen LogP contribution < -0.4 is 10.2 Å². The number of fused-ring (bicyclic) bond motifs is 1. The van der Waals surface area contributed by atoms with Crippen molar-refractivity contribution < 1.29 is 9.59 Å². The number of rotatable bonds is 3. The highest BCUT2D eigenvalue weighted by atomic mass is 16.2. The molecule has 124 valence electrons. The zero-order chi connectivity index (χ0) is 17.4. The number of amides is 2. The third kappa shape index (κ3) is 2.87. The van der Waals surface area contributed by atoms with Crippen LogP contribution in [0.4, 0.5) is 11.4 Å². The molecule has 0 radical (unpaired) electrons. The minimum atomic E-state index is -0.268. The van der Waals surface area contributed by atoms with Crippen molar-refractivity contribution in [1.82, 2.24) is 0 Å². The minimum absolute atomic E-state index is 0.0462. The lowest BCUT2D eigenvalue weighted by Crippen LogP contribution is -2.31. The molecule has 1 N–H and O–H groups in total. The predicted octanol–water partition coefficient (Wildman–Crippen LogP) is 2.72. The molecule has 4 rings (SSSR count). The fourth-order valence-corrected chi connectivity index (χ4v) is 3.39. The van der Waals surface area contributed by atoms with Crippen LogP contribution >= 0.6 is 0 Å². The summed E-state index contributed by atoms with van der Waals surface area (Å²) >= 11 is 0. The van der Waals surface area contributed by atoms with Crippen LogP contribution in [-0.2, 0) is 16.0 Å². The lowest BCUT2D eigenvalue weighted by Gasteiger charge is -2.17. The largest absolute Gasteiger partial charge is 0.326 e. The van der Waals surface area contributed by atoms with Gasteiger partial charge in [-0.15, -0.1) is 0 Å². The number of carbonyl (C=O) groups excluding carboxylic acids is 2. The Morgan fingerprint density at radius 2 is 1.84 bits per heavy atom. The van der Waals surface area contributed by atoms with E-state index in [0.717, 1.165) is 12.1 Å². The van der Waals surface area contributed by atoms with Gasteiger partial charge in [-0.1, -0.05) is 18.2 Å². The summed E-state index contributed by atoms with van der Waals surface area (Å²) in [5, 5.41) is 11.6. The molecule has 1 aliphatic carbocycles. The number of hydrogen-bond acceptors (Lipinski definition) is 3. The van der Waals surface area contributed by atoms with Crippen molar-refractivity contribution in [2.24, 2.45) is 11.8 Å². The van der Waals surface area contributed by atoms with Crippen LogP contribution in [0.15, 0.2) is 48.5 Å². The summed E-state index contributed by atoms with van der Waals surface area (Å²) in [5.74, 6) is -0.582. The highest BCUT2D eigenvalue weighted by molar-refractivity contribution is 6.05. The molecule has 2 aromatic carbocycles. The van der Waals surface area contributed by atoms with Crippen molar-refractivity contribution >= 4 is 23.2 Å². The first-order chi connectivity index (χ1) is 12.2. The lowest BCUT2D eigenvalue weighted by atomic mass is 10.2. The maximum absolute atomic E-state index is 12.7. The van der Waals surface area contributed by atoms with E-state index in [2.05, 4.69) is 5.32 Å². The topological polar surface area (TPSA) is 73.2 Å². The summed E-state index contributed by atoms with van der Waals surface area (Å²) in [7, 11) is 0. The summed E-state index contributed by atoms with van der Waals surface area (Å²) in [5.41, 5.74) is 3.36. The molecule has 1 fully saturated rings. The smallest absolute Gasteiger partial charge is 0.230 e. The highest BCUT2D eigenvalue weighted by Crippen LogP contribution is 2.43. The SMILES string of the molecule is N#Cc1ccc(NC(=O)C2CC2C(=O)N2CCc3ccccc32)cc1. The zero-order valence-corrected chi connectivity index (χ0v) is 13.6. The lowest BCUT2D eigenvalue weighted by molar-refractivity contribution is -0.123. The third-order valence-corrected chi connectivity index (χ3v) is 4.88. The van der Waals surface area contributed by atoms with E-state index >= 15 is 0 Å². The molecule has 2 aliphatic rings. The van der Waals surface area contributed by atoms with E-state index in [4.69, 9.17) is 5.26 Å². The van der Waals surface area contributed by atoms with Gasteiger partial charge in [-0.25, -0.2) is 0 Å². The minimum Gasteiger partial charge on any atom is -0.326 e. The van der Waals surface area contributed by atoms with E-state index in [1.165, 1.54) is 5.56 Å². The molecule has 5 heteroatoms. The fourth-order valence-electron chi connectivity index (χ4n) is 3.39. The zero-order valence-electron chi connectivity index (χ0n) is 13.6. The van der Waals surface area contributed by atoms with Crippen molar-refractivity contribution in [2.75, 3.05) is 16.8 Å². The molecule has 1 heterocycles. The molecular weight excluding hydrogens is 314 g/mol. The van der Waals surface area contributed by atoms with E-state index in [1.54, 1.807) is 24.3 Å². The first-order valence-corrected chi connectivity index (χ1v) is 8.37. The Balaban J connectivity index is 1.39. The molecule has 1 aliphatic heterocycles. The maximum atomic E-state index is 12.7. The van der Waals surface area contributed by atoms with Gasteiger partial charge in [0.2, 0.25) is 11.8 Å². The molecule has 2 unspecified atom stereocenters. The van der Waals surface area contributed by atoms with Crippen molar-refractivity contribution in [3.05, 3.63) is 59.7 Å². The van der Waals surface area contributed by atoms with Gasteiger partial charge in [0.25, 0.3) is 0 Å². The molecular formula is C20H17N3O2. The van der Waals surface area contributed by atoms with E-state index in [0.29, 0.717) is 24.2 Å². The van der Waals surface area contributed by atoms with Crippen molar-refractivity contribution in [2.45, 2.75) is 12.8 Å². The Labute approximate surface area is 145 Å². The molecule has 2 atom stereocenters. The van der Waals surface area contributed by atoms with E-state index in [-0.39, 0.29) is 23.7 Å². The van der Waals surface area contributed by atoms with Crippen molar-refractivity contribution in [1.29, 1.82) is 5.26 Å². The van der Waals surface area contributed by atoms with Crippen LogP contribution in [-0.4, -0.2) is 18.4 Å². The summed E-state index contributed by atoms with van der Waals surface area (Å²) < 4.78 is 0. The van der Waals surface area contributed by atoms with Crippen LogP contribution in [0.1, 0.15) is 17.5 Å². The Hall–Kier alpha value is -3.13. The molecule has 5 nitrogen and oxygen atoms in total. The van der Waals surface area contributed by atoms with Crippen molar-refractivity contribution in [3.63, 3.8) is 0 Å². The summed E-state index contributed by atoms with van der Waals surface area (Å²) in [4.78, 5) is 26.9. The second-order valence-electron chi connectivity index (χ2n) is 6.50. The Kier molecular flexibility index (Phi) is 3.73. The number of nitrogens with one attached hydrogen (secondary N) is 1. The number of nitriles is 1. The average Bonchev–Trinajstić information content (AvgIpc) is 3.34. The molecule has 0 saturated heterocycles. The summed E-state index contributed by atoms with van der Waals surface area (Å²) in [6.07, 6.45) is 1.47. The van der Waals surface area contributed by atoms with Crippen LogP contribution in [0.2, 0.25) is 0 Å². The number of para-hydroxylation sites is 1. The van der Waals surface area contributed by atoms with Gasteiger partial charge in [-0.3, -0.25) is 9.59 Å². The number of hydrogen-bond donors (Lipinski definition) is 1. The summed E-state index contributed by atoms with van der Waals surface area (Å²) in [6, 6.07) is 16.7. The Bertz CT molecular complexity index is 883. The standard InChI is InChI=1S/C20H17N3O2/c21-12-13-5-7-15(8-6-13)22-19(24)16-11-17(16)20(25)23-10-9-14-3-1-2-4-18(14)23/h1-8,16-17H,9-11H2,(H,22,24). The predicted molar refractivity (Wildman–Crippen MR) is 93.9 cm³/mol. The summed E-state index contributed by atoms with van der Waals surface area (Å²) in [6.45, 7) is 0.693. The van der Waals surface area contributed by atoms with Crippen LogP contribution in [0.5, 0.6) is 0 Å². The van der Waals surface area contributed by atoms with E-state index in [1.807, 2.05) is 35.2 Å². The van der Waals surface area contributed by atoms with Gasteiger partial charge in [0.15, 0.2) is 0 Å². The molecule has 0 aromatic heterocycles. The van der Waals surface area contributed by atoms with Gasteiger partial charge in [0.1, 0.15) is 0 Å². The normalized spacial score (nSPS) is 20.5. The maximum Gasteiger partial charge on any atom is 0.230 e. The van der Waals surface area contributed by atoms with Gasteiger partial charge in [-0.05, 0) is 48.7 Å². The first-order valence-electron chi connectivity index (χ1n) is 8.37. The van der Waals surface area contributed by atoms with Crippen LogP contribution in [0.25, 0.3) is 0 Å². The second-order valence-corrected chi connectivity index (χ2v) is 6.50. The molecule has 0 spiro atoms. The number of benzene rings is 2. The van der Waals surface area contributed by atoms with Gasteiger partial charge >= 0.3 is 0 Å². The fraction of sp³-hybridized carbons (Fsp3) is 0.250.